The monoisotopic (exact) mass is 332 g/mol. The van der Waals surface area contributed by atoms with Crippen LogP contribution in [0.2, 0.25) is 0 Å². The van der Waals surface area contributed by atoms with Crippen molar-refractivity contribution in [3.63, 3.8) is 0 Å². The summed E-state index contributed by atoms with van der Waals surface area (Å²) in [6, 6.07) is 10.8. The van der Waals surface area contributed by atoms with Crippen LogP contribution in [-0.2, 0) is 11.3 Å². The van der Waals surface area contributed by atoms with Gasteiger partial charge in [-0.25, -0.2) is 4.79 Å². The summed E-state index contributed by atoms with van der Waals surface area (Å²) in [7, 11) is 1.48. The van der Waals surface area contributed by atoms with Gasteiger partial charge in [0.1, 0.15) is 24.6 Å². The van der Waals surface area contributed by atoms with Crippen molar-refractivity contribution in [2.24, 2.45) is 0 Å². The summed E-state index contributed by atoms with van der Waals surface area (Å²) in [5.74, 6) is 0.467. The molecule has 3 N–H and O–H groups in total. The van der Waals surface area contributed by atoms with Gasteiger partial charge < -0.3 is 25.0 Å². The third-order valence-electron chi connectivity index (χ3n) is 3.34. The fourth-order valence-corrected chi connectivity index (χ4v) is 2.00. The molecule has 128 valence electrons. The van der Waals surface area contributed by atoms with Gasteiger partial charge in [-0.3, -0.25) is 4.98 Å². The van der Waals surface area contributed by atoms with Crippen LogP contribution in [0.5, 0.6) is 5.75 Å². The summed E-state index contributed by atoms with van der Waals surface area (Å²) in [4.78, 5) is 15.5. The van der Waals surface area contributed by atoms with Crippen LogP contribution < -0.4 is 10.1 Å². The van der Waals surface area contributed by atoms with Gasteiger partial charge in [-0.1, -0.05) is 30.3 Å². The lowest BCUT2D eigenvalue weighted by Crippen LogP contribution is -2.35. The first kappa shape index (κ1) is 17.7. The molecule has 2 aromatic rings. The second kappa shape index (κ2) is 8.85. The summed E-state index contributed by atoms with van der Waals surface area (Å²) >= 11 is 0. The molecule has 1 amide bonds. The number of nitrogens with one attached hydrogen (secondary N) is 1. The van der Waals surface area contributed by atoms with Crippen LogP contribution in [0.25, 0.3) is 0 Å². The van der Waals surface area contributed by atoms with Gasteiger partial charge in [0.2, 0.25) is 0 Å². The predicted octanol–water partition coefficient (Wildman–Crippen LogP) is 1.41. The Labute approximate surface area is 139 Å². The van der Waals surface area contributed by atoms with Crippen LogP contribution >= 0.6 is 0 Å². The van der Waals surface area contributed by atoms with Crippen LogP contribution in [-0.4, -0.2) is 41.0 Å². The molecule has 0 aliphatic rings. The van der Waals surface area contributed by atoms with Crippen molar-refractivity contribution in [3.05, 3.63) is 59.9 Å². The average Bonchev–Trinajstić information content (AvgIpc) is 2.64. The Morgan fingerprint density at radius 2 is 2.00 bits per heavy atom. The number of methoxy groups -OCH3 is 1. The lowest BCUT2D eigenvalue weighted by molar-refractivity contribution is 0.0181. The van der Waals surface area contributed by atoms with E-state index in [1.807, 2.05) is 30.3 Å². The van der Waals surface area contributed by atoms with Crippen molar-refractivity contribution in [2.45, 2.75) is 18.8 Å². The van der Waals surface area contributed by atoms with E-state index < -0.39 is 18.3 Å². The van der Waals surface area contributed by atoms with Gasteiger partial charge in [-0.15, -0.1) is 0 Å². The van der Waals surface area contributed by atoms with Gasteiger partial charge in [0, 0.05) is 18.3 Å². The number of aliphatic hydroxyl groups excluding tert-OH is 2. The molecule has 2 atom stereocenters. The number of pyridine rings is 1. The Kier molecular flexibility index (Phi) is 6.53. The molecule has 7 nitrogen and oxygen atoms in total. The van der Waals surface area contributed by atoms with Gasteiger partial charge in [-0.05, 0) is 11.6 Å². The van der Waals surface area contributed by atoms with Crippen LogP contribution in [0, 0.1) is 0 Å². The Hall–Kier alpha value is -2.64. The number of nitrogens with zero attached hydrogens (tertiary/aromatic N) is 1. The first-order chi connectivity index (χ1) is 11.6. The number of alkyl carbamates (subject to hydrolysis) is 1. The zero-order valence-corrected chi connectivity index (χ0v) is 13.3. The van der Waals surface area contributed by atoms with E-state index in [9.17, 15) is 15.0 Å². The van der Waals surface area contributed by atoms with E-state index in [1.165, 1.54) is 19.5 Å². The van der Waals surface area contributed by atoms with E-state index in [0.717, 1.165) is 5.56 Å². The fourth-order valence-electron chi connectivity index (χ4n) is 2.00. The molecule has 0 saturated heterocycles. The number of hydrogen-bond donors (Lipinski definition) is 3. The molecule has 0 spiro atoms. The molecular weight excluding hydrogens is 312 g/mol. The number of carbonyl (C=O) groups excluding carboxylic acids is 1. The first-order valence-electron chi connectivity index (χ1n) is 7.39. The molecule has 24 heavy (non-hydrogen) atoms. The normalized spacial score (nSPS) is 13.0. The van der Waals surface area contributed by atoms with Crippen molar-refractivity contribution in [2.75, 3.05) is 13.7 Å². The molecule has 0 bridgehead atoms. The first-order valence-corrected chi connectivity index (χ1v) is 7.39. The highest BCUT2D eigenvalue weighted by atomic mass is 16.5. The molecule has 0 radical (unpaired) electrons. The van der Waals surface area contributed by atoms with Gasteiger partial charge >= 0.3 is 6.09 Å². The number of benzene rings is 1. The van der Waals surface area contributed by atoms with E-state index in [4.69, 9.17) is 9.47 Å². The van der Waals surface area contributed by atoms with Gasteiger partial charge in [-0.2, -0.15) is 0 Å². The van der Waals surface area contributed by atoms with E-state index in [-0.39, 0.29) is 13.2 Å². The molecular formula is C17H20N2O5. The molecule has 2 rings (SSSR count). The number of ether oxygens (including phenoxy) is 2. The van der Waals surface area contributed by atoms with Crippen molar-refractivity contribution in [1.29, 1.82) is 0 Å². The highest BCUT2D eigenvalue weighted by molar-refractivity contribution is 5.67. The van der Waals surface area contributed by atoms with Gasteiger partial charge in [0.05, 0.1) is 13.3 Å². The van der Waals surface area contributed by atoms with Crippen molar-refractivity contribution in [1.82, 2.24) is 10.3 Å². The number of hydrogen-bond acceptors (Lipinski definition) is 6. The zero-order chi connectivity index (χ0) is 17.4. The number of aliphatic hydroxyl groups is 2. The van der Waals surface area contributed by atoms with Gasteiger partial charge in [0.25, 0.3) is 0 Å². The van der Waals surface area contributed by atoms with E-state index in [0.29, 0.717) is 11.3 Å². The number of amides is 1. The quantitative estimate of drug-likeness (QED) is 0.709. The summed E-state index contributed by atoms with van der Waals surface area (Å²) in [5, 5.41) is 22.5. The molecule has 1 aromatic heterocycles. The number of rotatable bonds is 7. The van der Waals surface area contributed by atoms with Crippen molar-refractivity contribution in [3.8, 4) is 5.75 Å². The summed E-state index contributed by atoms with van der Waals surface area (Å²) in [5.41, 5.74) is 1.25. The molecule has 0 aliphatic heterocycles. The Morgan fingerprint density at radius 3 is 2.71 bits per heavy atom. The van der Waals surface area contributed by atoms with E-state index in [1.54, 1.807) is 6.07 Å². The second-order valence-corrected chi connectivity index (χ2v) is 5.11. The minimum Gasteiger partial charge on any atom is -0.495 e. The molecule has 0 fully saturated rings. The zero-order valence-electron chi connectivity index (χ0n) is 13.3. The summed E-state index contributed by atoms with van der Waals surface area (Å²) in [6.07, 6.45) is -0.176. The molecule has 7 heteroatoms. The lowest BCUT2D eigenvalue weighted by Gasteiger charge is -2.18. The van der Waals surface area contributed by atoms with Gasteiger partial charge in [0.15, 0.2) is 0 Å². The smallest absolute Gasteiger partial charge is 0.407 e. The van der Waals surface area contributed by atoms with Crippen molar-refractivity contribution >= 4 is 6.09 Å². The Balaban J connectivity index is 1.79. The highest BCUT2D eigenvalue weighted by Gasteiger charge is 2.20. The Morgan fingerprint density at radius 1 is 1.25 bits per heavy atom. The molecule has 1 aromatic carbocycles. The molecule has 2 unspecified atom stereocenters. The topological polar surface area (TPSA) is 101 Å². The largest absolute Gasteiger partial charge is 0.495 e. The van der Waals surface area contributed by atoms with Crippen LogP contribution in [0.4, 0.5) is 4.79 Å². The predicted molar refractivity (Wildman–Crippen MR) is 86.4 cm³/mol. The maximum absolute atomic E-state index is 11.6. The maximum atomic E-state index is 11.6. The van der Waals surface area contributed by atoms with Crippen LogP contribution in [0.1, 0.15) is 17.2 Å². The van der Waals surface area contributed by atoms with Crippen LogP contribution in [0.3, 0.4) is 0 Å². The van der Waals surface area contributed by atoms with Crippen molar-refractivity contribution < 1.29 is 24.5 Å². The van der Waals surface area contributed by atoms with Crippen LogP contribution in [0.15, 0.2) is 48.8 Å². The third kappa shape index (κ3) is 5.22. The molecule has 0 aliphatic carbocycles. The Bertz CT molecular complexity index is 650. The number of aromatic nitrogens is 1. The average molecular weight is 332 g/mol. The molecule has 0 saturated carbocycles. The summed E-state index contributed by atoms with van der Waals surface area (Å²) in [6.45, 7) is -0.0306. The third-order valence-corrected chi connectivity index (χ3v) is 3.34. The summed E-state index contributed by atoms with van der Waals surface area (Å²) < 4.78 is 10.0. The molecule has 1 heterocycles. The van der Waals surface area contributed by atoms with E-state index >= 15 is 0 Å². The number of carbonyl (C=O) groups is 1. The minimum absolute atomic E-state index is 0.130. The minimum atomic E-state index is -1.21. The SMILES string of the molecule is COc1cncc(C(O)C(O)CNC(=O)OCc2ccccc2)c1. The van der Waals surface area contributed by atoms with E-state index in [2.05, 4.69) is 10.3 Å². The standard InChI is InChI=1S/C17H20N2O5/c1-23-14-7-13(8-18-9-14)16(21)15(20)10-19-17(22)24-11-12-5-3-2-4-6-12/h2-9,15-16,20-21H,10-11H2,1H3,(H,19,22). The maximum Gasteiger partial charge on any atom is 0.407 e. The second-order valence-electron chi connectivity index (χ2n) is 5.11. The highest BCUT2D eigenvalue weighted by Crippen LogP contribution is 2.20. The fraction of sp³-hybridized carbons (Fsp3) is 0.294. The lowest BCUT2D eigenvalue weighted by atomic mass is 10.1.